The molecule has 0 spiro atoms. The molecule has 2 aromatic rings. The summed E-state index contributed by atoms with van der Waals surface area (Å²) in [5.41, 5.74) is 0.942. The van der Waals surface area contributed by atoms with Crippen LogP contribution in [0.5, 0.6) is 11.5 Å². The molecule has 0 atom stereocenters. The van der Waals surface area contributed by atoms with Crippen molar-refractivity contribution in [3.05, 3.63) is 47.8 Å². The van der Waals surface area contributed by atoms with E-state index in [9.17, 15) is 4.39 Å². The first-order valence-electron chi connectivity index (χ1n) is 6.77. The Hall–Kier alpha value is -1.72. The first-order valence-corrected chi connectivity index (χ1v) is 7.59. The van der Waals surface area contributed by atoms with E-state index in [-0.39, 0.29) is 5.82 Å². The van der Waals surface area contributed by atoms with E-state index in [1.807, 2.05) is 31.3 Å². The molecule has 3 nitrogen and oxygen atoms in total. The van der Waals surface area contributed by atoms with Gasteiger partial charge in [-0.15, -0.1) is 0 Å². The van der Waals surface area contributed by atoms with E-state index >= 15 is 0 Å². The summed E-state index contributed by atoms with van der Waals surface area (Å²) in [6, 6.07) is 10.8. The van der Waals surface area contributed by atoms with Gasteiger partial charge < -0.3 is 14.8 Å². The van der Waals surface area contributed by atoms with Crippen LogP contribution in [0.25, 0.3) is 0 Å². The molecule has 0 aromatic heterocycles. The summed E-state index contributed by atoms with van der Waals surface area (Å²) in [5, 5.41) is 3.06. The number of fused-ring (bicyclic) bond motifs is 1. The zero-order chi connectivity index (χ0) is 14.7. The van der Waals surface area contributed by atoms with Gasteiger partial charge in [0.25, 0.3) is 0 Å². The van der Waals surface area contributed by atoms with Crippen molar-refractivity contribution >= 4 is 11.8 Å². The maximum atomic E-state index is 14.1. The van der Waals surface area contributed by atoms with Gasteiger partial charge in [-0.2, -0.15) is 0 Å². The molecule has 0 fully saturated rings. The predicted octanol–water partition coefficient (Wildman–Crippen LogP) is 3.47. The van der Waals surface area contributed by atoms with Gasteiger partial charge in [-0.1, -0.05) is 23.9 Å². The second-order valence-corrected chi connectivity index (χ2v) is 5.75. The van der Waals surface area contributed by atoms with Gasteiger partial charge in [0.05, 0.1) is 4.90 Å². The number of hydrogen-bond donors (Lipinski definition) is 1. The SMILES string of the molecule is CNCc1cccc(F)c1Sc1ccc2c(c1)OCCO2. The summed E-state index contributed by atoms with van der Waals surface area (Å²) in [4.78, 5) is 1.57. The number of nitrogens with one attached hydrogen (secondary N) is 1. The normalized spacial score (nSPS) is 13.2. The first kappa shape index (κ1) is 14.2. The molecule has 0 saturated heterocycles. The maximum absolute atomic E-state index is 14.1. The van der Waals surface area contributed by atoms with Crippen molar-refractivity contribution in [1.82, 2.24) is 5.32 Å². The number of halogens is 1. The van der Waals surface area contributed by atoms with Crippen molar-refractivity contribution in [2.75, 3.05) is 20.3 Å². The van der Waals surface area contributed by atoms with Gasteiger partial charge in [0, 0.05) is 11.4 Å². The Balaban J connectivity index is 1.90. The van der Waals surface area contributed by atoms with Crippen molar-refractivity contribution < 1.29 is 13.9 Å². The van der Waals surface area contributed by atoms with Crippen molar-refractivity contribution in [2.45, 2.75) is 16.3 Å². The third-order valence-electron chi connectivity index (χ3n) is 3.15. The average molecular weight is 305 g/mol. The smallest absolute Gasteiger partial charge is 0.162 e. The van der Waals surface area contributed by atoms with Gasteiger partial charge in [0.15, 0.2) is 11.5 Å². The van der Waals surface area contributed by atoms with Gasteiger partial charge in [-0.3, -0.25) is 0 Å². The lowest BCUT2D eigenvalue weighted by Gasteiger charge is -2.19. The fourth-order valence-electron chi connectivity index (χ4n) is 2.20. The molecule has 3 rings (SSSR count). The summed E-state index contributed by atoms with van der Waals surface area (Å²) in [6.45, 7) is 1.75. The summed E-state index contributed by atoms with van der Waals surface area (Å²) in [7, 11) is 1.85. The third kappa shape index (κ3) is 3.14. The molecule has 110 valence electrons. The molecule has 1 heterocycles. The predicted molar refractivity (Wildman–Crippen MR) is 80.7 cm³/mol. The largest absolute Gasteiger partial charge is 0.486 e. The maximum Gasteiger partial charge on any atom is 0.162 e. The molecule has 2 aromatic carbocycles. The molecule has 0 bridgehead atoms. The van der Waals surface area contributed by atoms with E-state index in [4.69, 9.17) is 9.47 Å². The number of ether oxygens (including phenoxy) is 2. The van der Waals surface area contributed by atoms with Crippen LogP contribution in [0.15, 0.2) is 46.2 Å². The van der Waals surface area contributed by atoms with Crippen molar-refractivity contribution in [1.29, 1.82) is 0 Å². The Morgan fingerprint density at radius 1 is 1.14 bits per heavy atom. The molecule has 0 saturated carbocycles. The minimum absolute atomic E-state index is 0.206. The summed E-state index contributed by atoms with van der Waals surface area (Å²) in [5.74, 6) is 1.26. The Morgan fingerprint density at radius 2 is 1.95 bits per heavy atom. The number of hydrogen-bond acceptors (Lipinski definition) is 4. The third-order valence-corrected chi connectivity index (χ3v) is 4.30. The molecule has 0 amide bonds. The van der Waals surface area contributed by atoms with Gasteiger partial charge in [0.2, 0.25) is 0 Å². The van der Waals surface area contributed by atoms with Crippen molar-refractivity contribution in [3.63, 3.8) is 0 Å². The second kappa shape index (κ2) is 6.37. The fraction of sp³-hybridized carbons (Fsp3) is 0.250. The molecule has 5 heteroatoms. The Morgan fingerprint density at radius 3 is 2.76 bits per heavy atom. The van der Waals surface area contributed by atoms with Crippen LogP contribution in [0.2, 0.25) is 0 Å². The Kier molecular flexibility index (Phi) is 4.31. The lowest BCUT2D eigenvalue weighted by molar-refractivity contribution is 0.171. The fourth-order valence-corrected chi connectivity index (χ4v) is 3.18. The molecular formula is C16H16FNO2S. The average Bonchev–Trinajstić information content (AvgIpc) is 2.51. The van der Waals surface area contributed by atoms with Crippen LogP contribution in [0.4, 0.5) is 4.39 Å². The van der Waals surface area contributed by atoms with E-state index in [1.165, 1.54) is 17.8 Å². The van der Waals surface area contributed by atoms with Crippen LogP contribution >= 0.6 is 11.8 Å². The van der Waals surface area contributed by atoms with Gasteiger partial charge in [-0.25, -0.2) is 4.39 Å². The molecule has 0 aliphatic carbocycles. The Labute approximate surface area is 127 Å². The van der Waals surface area contributed by atoms with Gasteiger partial charge >= 0.3 is 0 Å². The molecule has 21 heavy (non-hydrogen) atoms. The zero-order valence-corrected chi connectivity index (χ0v) is 12.5. The molecule has 1 N–H and O–H groups in total. The summed E-state index contributed by atoms with van der Waals surface area (Å²) in [6.07, 6.45) is 0. The number of rotatable bonds is 4. The van der Waals surface area contributed by atoms with Gasteiger partial charge in [0.1, 0.15) is 19.0 Å². The lowest BCUT2D eigenvalue weighted by Crippen LogP contribution is -2.15. The van der Waals surface area contributed by atoms with E-state index in [1.54, 1.807) is 6.07 Å². The van der Waals surface area contributed by atoms with E-state index in [0.717, 1.165) is 22.0 Å². The lowest BCUT2D eigenvalue weighted by atomic mass is 10.2. The molecule has 1 aliphatic heterocycles. The van der Waals surface area contributed by atoms with Crippen LogP contribution < -0.4 is 14.8 Å². The quantitative estimate of drug-likeness (QED) is 0.937. The molecule has 0 radical (unpaired) electrons. The van der Waals surface area contributed by atoms with Crippen LogP contribution in [0.3, 0.4) is 0 Å². The van der Waals surface area contributed by atoms with Gasteiger partial charge in [-0.05, 0) is 36.9 Å². The molecular weight excluding hydrogens is 289 g/mol. The van der Waals surface area contributed by atoms with E-state index in [2.05, 4.69) is 5.32 Å². The minimum atomic E-state index is -0.206. The van der Waals surface area contributed by atoms with Crippen LogP contribution in [-0.4, -0.2) is 20.3 Å². The summed E-state index contributed by atoms with van der Waals surface area (Å²) >= 11 is 1.40. The molecule has 0 unspecified atom stereocenters. The Bertz CT molecular complexity index is 648. The first-order chi connectivity index (χ1) is 10.3. The van der Waals surface area contributed by atoms with E-state index < -0.39 is 0 Å². The van der Waals surface area contributed by atoms with Crippen molar-refractivity contribution in [3.8, 4) is 11.5 Å². The van der Waals surface area contributed by atoms with E-state index in [0.29, 0.717) is 24.7 Å². The summed E-state index contributed by atoms with van der Waals surface area (Å²) < 4.78 is 25.2. The highest BCUT2D eigenvalue weighted by Crippen LogP contribution is 2.38. The second-order valence-electron chi connectivity index (χ2n) is 4.67. The van der Waals surface area contributed by atoms with Crippen LogP contribution in [0.1, 0.15) is 5.56 Å². The van der Waals surface area contributed by atoms with Crippen LogP contribution in [0, 0.1) is 5.82 Å². The van der Waals surface area contributed by atoms with Crippen LogP contribution in [-0.2, 0) is 6.54 Å². The highest BCUT2D eigenvalue weighted by atomic mass is 32.2. The highest BCUT2D eigenvalue weighted by Gasteiger charge is 2.14. The minimum Gasteiger partial charge on any atom is -0.486 e. The zero-order valence-electron chi connectivity index (χ0n) is 11.7. The standard InChI is InChI=1S/C16H16FNO2S/c1-18-10-11-3-2-4-13(17)16(11)21-12-5-6-14-15(9-12)20-8-7-19-14/h2-6,9,18H,7-8,10H2,1H3. The highest BCUT2D eigenvalue weighted by molar-refractivity contribution is 7.99. The monoisotopic (exact) mass is 305 g/mol. The number of benzene rings is 2. The topological polar surface area (TPSA) is 30.5 Å². The molecule has 1 aliphatic rings. The van der Waals surface area contributed by atoms with Crippen molar-refractivity contribution in [2.24, 2.45) is 0 Å².